The van der Waals surface area contributed by atoms with Gasteiger partial charge in [0.2, 0.25) is 0 Å². The lowest BCUT2D eigenvalue weighted by molar-refractivity contribution is 0.157. The van der Waals surface area contributed by atoms with Crippen LogP contribution in [0, 0.1) is 11.3 Å². The highest BCUT2D eigenvalue weighted by Crippen LogP contribution is 2.24. The van der Waals surface area contributed by atoms with Crippen LogP contribution in [0.1, 0.15) is 32.6 Å². The van der Waals surface area contributed by atoms with Crippen molar-refractivity contribution in [3.8, 4) is 6.07 Å². The van der Waals surface area contributed by atoms with Crippen molar-refractivity contribution in [2.24, 2.45) is 0 Å². The van der Waals surface area contributed by atoms with Crippen LogP contribution in [-0.4, -0.2) is 38.0 Å². The Hall–Kier alpha value is -1.33. The number of nitriles is 1. The fraction of sp³-hybridized carbons (Fsp3) is 0.800. The summed E-state index contributed by atoms with van der Waals surface area (Å²) < 4.78 is 31.3. The van der Waals surface area contributed by atoms with Crippen LogP contribution >= 0.6 is 0 Å². The molecule has 0 aromatic heterocycles. The number of hydrogen-bond donors (Lipinski definition) is 1. The van der Waals surface area contributed by atoms with E-state index in [2.05, 4.69) is 4.74 Å². The SMILES string of the molecule is CCOC(=O)NS(=O)(=O)N(CC#N)C1CCCC1. The lowest BCUT2D eigenvalue weighted by Crippen LogP contribution is -2.48. The van der Waals surface area contributed by atoms with E-state index in [1.54, 1.807) is 11.6 Å². The van der Waals surface area contributed by atoms with Crippen molar-refractivity contribution in [2.75, 3.05) is 13.2 Å². The third-order valence-corrected chi connectivity index (χ3v) is 4.22. The lowest BCUT2D eigenvalue weighted by atomic mass is 10.2. The van der Waals surface area contributed by atoms with Gasteiger partial charge >= 0.3 is 16.3 Å². The summed E-state index contributed by atoms with van der Waals surface area (Å²) in [6.45, 7) is 1.40. The first-order valence-corrected chi connectivity index (χ1v) is 7.28. The molecule has 102 valence electrons. The van der Waals surface area contributed by atoms with Crippen molar-refractivity contribution >= 4 is 16.3 Å². The predicted molar refractivity (Wildman–Crippen MR) is 63.7 cm³/mol. The summed E-state index contributed by atoms with van der Waals surface area (Å²) in [4.78, 5) is 11.2. The number of hydrogen-bond acceptors (Lipinski definition) is 5. The second kappa shape index (κ2) is 6.56. The summed E-state index contributed by atoms with van der Waals surface area (Å²) >= 11 is 0. The quantitative estimate of drug-likeness (QED) is 0.746. The second-order valence-corrected chi connectivity index (χ2v) is 5.59. The highest BCUT2D eigenvalue weighted by Gasteiger charge is 2.33. The fourth-order valence-corrected chi connectivity index (χ4v) is 3.21. The van der Waals surface area contributed by atoms with Gasteiger partial charge in [0.05, 0.1) is 12.7 Å². The zero-order chi connectivity index (χ0) is 13.6. The van der Waals surface area contributed by atoms with Crippen LogP contribution < -0.4 is 4.72 Å². The molecule has 1 aliphatic carbocycles. The number of ether oxygens (including phenoxy) is 1. The van der Waals surface area contributed by atoms with E-state index in [4.69, 9.17) is 5.26 Å². The molecule has 1 amide bonds. The Bertz CT molecular complexity index is 423. The zero-order valence-electron chi connectivity index (χ0n) is 10.3. The van der Waals surface area contributed by atoms with Crippen LogP contribution in [0.2, 0.25) is 0 Å². The first-order chi connectivity index (χ1) is 8.51. The molecule has 1 aliphatic rings. The Kier molecular flexibility index (Phi) is 5.37. The van der Waals surface area contributed by atoms with Crippen LogP contribution in [0.5, 0.6) is 0 Å². The predicted octanol–water partition coefficient (Wildman–Crippen LogP) is 0.745. The Morgan fingerprint density at radius 1 is 1.50 bits per heavy atom. The molecule has 8 heteroatoms. The highest BCUT2D eigenvalue weighted by molar-refractivity contribution is 7.87. The maximum atomic E-state index is 12.0. The Labute approximate surface area is 107 Å². The van der Waals surface area contributed by atoms with Crippen LogP contribution in [0.3, 0.4) is 0 Å². The van der Waals surface area contributed by atoms with Gasteiger partial charge in [-0.25, -0.2) is 9.52 Å². The monoisotopic (exact) mass is 275 g/mol. The number of carbonyl (C=O) groups excluding carboxylic acids is 1. The van der Waals surface area contributed by atoms with Gasteiger partial charge in [-0.05, 0) is 19.8 Å². The molecule has 0 aromatic carbocycles. The van der Waals surface area contributed by atoms with Crippen molar-refractivity contribution in [3.05, 3.63) is 0 Å². The Balaban J connectivity index is 2.77. The minimum Gasteiger partial charge on any atom is -0.449 e. The molecule has 0 spiro atoms. The van der Waals surface area contributed by atoms with Gasteiger partial charge in [-0.1, -0.05) is 12.8 Å². The summed E-state index contributed by atoms with van der Waals surface area (Å²) in [6, 6.07) is 1.60. The van der Waals surface area contributed by atoms with Gasteiger partial charge in [0.15, 0.2) is 0 Å². The van der Waals surface area contributed by atoms with Gasteiger partial charge in [0, 0.05) is 6.04 Å². The first kappa shape index (κ1) is 14.7. The summed E-state index contributed by atoms with van der Waals surface area (Å²) in [5.41, 5.74) is 0. The first-order valence-electron chi connectivity index (χ1n) is 5.84. The van der Waals surface area contributed by atoms with Crippen LogP contribution in [-0.2, 0) is 14.9 Å². The molecule has 7 nitrogen and oxygen atoms in total. The Morgan fingerprint density at radius 3 is 2.61 bits per heavy atom. The van der Waals surface area contributed by atoms with E-state index in [1.165, 1.54) is 0 Å². The normalized spacial score (nSPS) is 16.5. The van der Waals surface area contributed by atoms with E-state index in [9.17, 15) is 13.2 Å². The smallest absolute Gasteiger partial charge is 0.421 e. The molecule has 0 radical (unpaired) electrons. The molecule has 0 atom stereocenters. The number of amides is 1. The van der Waals surface area contributed by atoms with Crippen molar-refractivity contribution in [1.82, 2.24) is 9.03 Å². The molecule has 1 saturated carbocycles. The third-order valence-electron chi connectivity index (χ3n) is 2.75. The van der Waals surface area contributed by atoms with Gasteiger partial charge in [-0.15, -0.1) is 0 Å². The number of nitrogens with zero attached hydrogens (tertiary/aromatic N) is 2. The topological polar surface area (TPSA) is 99.5 Å². The third kappa shape index (κ3) is 3.85. The summed E-state index contributed by atoms with van der Waals surface area (Å²) in [6.07, 6.45) is 2.28. The van der Waals surface area contributed by atoms with E-state index >= 15 is 0 Å². The number of nitrogens with one attached hydrogen (secondary N) is 1. The molecule has 1 fully saturated rings. The minimum atomic E-state index is -4.00. The molecule has 1 N–H and O–H groups in total. The highest BCUT2D eigenvalue weighted by atomic mass is 32.2. The minimum absolute atomic E-state index is 0.0863. The van der Waals surface area contributed by atoms with Gasteiger partial charge in [-0.3, -0.25) is 0 Å². The van der Waals surface area contributed by atoms with Crippen LogP contribution in [0.15, 0.2) is 0 Å². The molecule has 1 rings (SSSR count). The largest absolute Gasteiger partial charge is 0.449 e. The Morgan fingerprint density at radius 2 is 2.11 bits per heavy atom. The maximum absolute atomic E-state index is 12.0. The fourth-order valence-electron chi connectivity index (χ4n) is 2.00. The van der Waals surface area contributed by atoms with E-state index in [-0.39, 0.29) is 19.2 Å². The maximum Gasteiger partial charge on any atom is 0.421 e. The molecule has 0 heterocycles. The van der Waals surface area contributed by atoms with Crippen LogP contribution in [0.4, 0.5) is 4.79 Å². The molecule has 0 unspecified atom stereocenters. The van der Waals surface area contributed by atoms with E-state index in [0.717, 1.165) is 17.1 Å². The molecule has 0 aliphatic heterocycles. The van der Waals surface area contributed by atoms with Crippen molar-refractivity contribution in [1.29, 1.82) is 5.26 Å². The standard InChI is InChI=1S/C10H17N3O4S/c1-2-17-10(14)12-18(15,16)13(8-7-11)9-5-3-4-6-9/h9H,2-6,8H2,1H3,(H,12,14). The molecule has 0 bridgehead atoms. The molecule has 18 heavy (non-hydrogen) atoms. The summed E-state index contributed by atoms with van der Waals surface area (Å²) in [5, 5.41) is 8.70. The average Bonchev–Trinajstić information content (AvgIpc) is 2.78. The van der Waals surface area contributed by atoms with Crippen molar-refractivity contribution < 1.29 is 17.9 Å². The second-order valence-electron chi connectivity index (χ2n) is 3.97. The molecule has 0 aromatic rings. The van der Waals surface area contributed by atoms with Crippen LogP contribution in [0.25, 0.3) is 0 Å². The number of carbonyl (C=O) groups is 1. The summed E-state index contributed by atoms with van der Waals surface area (Å²) in [7, 11) is -4.00. The van der Waals surface area contributed by atoms with Crippen molar-refractivity contribution in [2.45, 2.75) is 38.6 Å². The van der Waals surface area contributed by atoms with Gasteiger partial charge in [0.25, 0.3) is 0 Å². The van der Waals surface area contributed by atoms with Gasteiger partial charge < -0.3 is 4.74 Å². The van der Waals surface area contributed by atoms with E-state index in [1.807, 2.05) is 6.07 Å². The van der Waals surface area contributed by atoms with Gasteiger partial charge in [-0.2, -0.15) is 18.0 Å². The average molecular weight is 275 g/mol. The molecule has 0 saturated heterocycles. The zero-order valence-corrected chi connectivity index (χ0v) is 11.1. The van der Waals surface area contributed by atoms with Gasteiger partial charge in [0.1, 0.15) is 6.54 Å². The van der Waals surface area contributed by atoms with E-state index in [0.29, 0.717) is 12.8 Å². The molecular formula is C10H17N3O4S. The molecular weight excluding hydrogens is 258 g/mol. The van der Waals surface area contributed by atoms with E-state index < -0.39 is 16.3 Å². The number of rotatable bonds is 5. The lowest BCUT2D eigenvalue weighted by Gasteiger charge is -2.25. The summed E-state index contributed by atoms with van der Waals surface area (Å²) in [5.74, 6) is 0. The van der Waals surface area contributed by atoms with Crippen molar-refractivity contribution in [3.63, 3.8) is 0 Å².